The quantitative estimate of drug-likeness (QED) is 0.805. The Balaban J connectivity index is 2.02. The highest BCUT2D eigenvalue weighted by atomic mass is 79.9. The van der Waals surface area contributed by atoms with E-state index in [1.807, 2.05) is 17.5 Å². The van der Waals surface area contributed by atoms with Gasteiger partial charge in [-0.15, -0.1) is 11.3 Å². The molecule has 2 heterocycles. The summed E-state index contributed by atoms with van der Waals surface area (Å²) in [5, 5.41) is 2.89. The molecule has 3 nitrogen and oxygen atoms in total. The molecule has 0 aliphatic rings. The smallest absolute Gasteiger partial charge is 0.152 e. The van der Waals surface area contributed by atoms with Crippen LogP contribution in [-0.2, 0) is 6.61 Å². The van der Waals surface area contributed by atoms with E-state index in [2.05, 4.69) is 25.9 Å². The van der Waals surface area contributed by atoms with Gasteiger partial charge in [-0.3, -0.25) is 0 Å². The molecule has 0 aliphatic carbocycles. The van der Waals surface area contributed by atoms with Crippen molar-refractivity contribution in [1.82, 2.24) is 9.97 Å². The molecular formula is C9H7BrN2OS. The maximum atomic E-state index is 5.52. The molecule has 14 heavy (non-hydrogen) atoms. The largest absolute Gasteiger partial charge is 0.484 e. The van der Waals surface area contributed by atoms with Crippen molar-refractivity contribution in [2.45, 2.75) is 6.61 Å². The lowest BCUT2D eigenvalue weighted by molar-refractivity contribution is 0.302. The maximum Gasteiger partial charge on any atom is 0.152 e. The van der Waals surface area contributed by atoms with Gasteiger partial charge in [0, 0.05) is 17.8 Å². The molecule has 0 amide bonds. The molecule has 0 atom stereocenters. The molecule has 0 saturated heterocycles. The van der Waals surface area contributed by atoms with Crippen molar-refractivity contribution in [2.24, 2.45) is 0 Å². The summed E-state index contributed by atoms with van der Waals surface area (Å²) in [5.74, 6) is 0.739. The number of thiazole rings is 1. The van der Waals surface area contributed by atoms with Gasteiger partial charge in [-0.2, -0.15) is 0 Å². The highest BCUT2D eigenvalue weighted by Crippen LogP contribution is 2.22. The lowest BCUT2D eigenvalue weighted by atomic mass is 10.5. The van der Waals surface area contributed by atoms with Crippen LogP contribution in [-0.4, -0.2) is 9.97 Å². The van der Waals surface area contributed by atoms with E-state index in [0.717, 1.165) is 15.4 Å². The summed E-state index contributed by atoms with van der Waals surface area (Å²) >= 11 is 4.88. The zero-order valence-corrected chi connectivity index (χ0v) is 9.59. The Hall–Kier alpha value is -0.940. The first-order valence-electron chi connectivity index (χ1n) is 3.98. The average molecular weight is 271 g/mol. The van der Waals surface area contributed by atoms with Crippen LogP contribution in [0.3, 0.4) is 0 Å². The van der Waals surface area contributed by atoms with E-state index in [9.17, 15) is 0 Å². The highest BCUT2D eigenvalue weighted by molar-refractivity contribution is 9.10. The van der Waals surface area contributed by atoms with E-state index in [1.54, 1.807) is 23.7 Å². The summed E-state index contributed by atoms with van der Waals surface area (Å²) < 4.78 is 6.24. The molecule has 0 aromatic carbocycles. The van der Waals surface area contributed by atoms with Gasteiger partial charge >= 0.3 is 0 Å². The molecule has 5 heteroatoms. The standard InChI is InChI=1S/C9H7BrN2OS/c10-9-7(2-1-3-12-9)13-6-8-11-4-5-14-8/h1-5H,6H2. The Kier molecular flexibility index (Phi) is 3.10. The van der Waals surface area contributed by atoms with E-state index in [0.29, 0.717) is 6.61 Å². The normalized spacial score (nSPS) is 10.1. The van der Waals surface area contributed by atoms with Crippen LogP contribution in [0, 0.1) is 0 Å². The van der Waals surface area contributed by atoms with Crippen LogP contribution in [0.5, 0.6) is 5.75 Å². The molecule has 0 N–H and O–H groups in total. The lowest BCUT2D eigenvalue weighted by Gasteiger charge is -2.04. The number of aromatic nitrogens is 2. The van der Waals surface area contributed by atoms with Gasteiger partial charge < -0.3 is 4.74 Å². The van der Waals surface area contributed by atoms with E-state index < -0.39 is 0 Å². The summed E-state index contributed by atoms with van der Waals surface area (Å²) in [6.45, 7) is 0.488. The molecule has 0 spiro atoms. The second kappa shape index (κ2) is 4.52. The third-order valence-corrected chi connectivity index (χ3v) is 2.91. The molecular weight excluding hydrogens is 264 g/mol. The number of pyridine rings is 1. The number of hydrogen-bond acceptors (Lipinski definition) is 4. The fourth-order valence-corrected chi connectivity index (χ4v) is 1.84. The Morgan fingerprint density at radius 3 is 3.00 bits per heavy atom. The van der Waals surface area contributed by atoms with Crippen LogP contribution in [0.25, 0.3) is 0 Å². The van der Waals surface area contributed by atoms with Crippen molar-refractivity contribution in [1.29, 1.82) is 0 Å². The molecule has 0 fully saturated rings. The molecule has 0 aliphatic heterocycles. The number of ether oxygens (including phenoxy) is 1. The van der Waals surface area contributed by atoms with Crippen LogP contribution in [0.1, 0.15) is 5.01 Å². The fraction of sp³-hybridized carbons (Fsp3) is 0.111. The predicted octanol–water partition coefficient (Wildman–Crippen LogP) is 2.88. The van der Waals surface area contributed by atoms with Crippen molar-refractivity contribution in [3.63, 3.8) is 0 Å². The van der Waals surface area contributed by atoms with Gasteiger partial charge in [-0.25, -0.2) is 9.97 Å². The minimum Gasteiger partial charge on any atom is -0.484 e. The minimum absolute atomic E-state index is 0.488. The summed E-state index contributed by atoms with van der Waals surface area (Å²) in [7, 11) is 0. The molecule has 0 bridgehead atoms. The first-order chi connectivity index (χ1) is 6.86. The summed E-state index contributed by atoms with van der Waals surface area (Å²) in [6, 6.07) is 3.70. The van der Waals surface area contributed by atoms with Crippen molar-refractivity contribution in [3.05, 3.63) is 39.5 Å². The number of hydrogen-bond donors (Lipinski definition) is 0. The van der Waals surface area contributed by atoms with Gasteiger partial charge in [0.05, 0.1) is 0 Å². The molecule has 0 unspecified atom stereocenters. The Morgan fingerprint density at radius 2 is 2.29 bits per heavy atom. The Bertz CT molecular complexity index is 405. The summed E-state index contributed by atoms with van der Waals surface area (Å²) in [5.41, 5.74) is 0. The van der Waals surface area contributed by atoms with Gasteiger partial charge in [0.2, 0.25) is 0 Å². The van der Waals surface area contributed by atoms with Crippen molar-refractivity contribution < 1.29 is 4.74 Å². The van der Waals surface area contributed by atoms with Crippen LogP contribution >= 0.6 is 27.3 Å². The van der Waals surface area contributed by atoms with Crippen molar-refractivity contribution >= 4 is 27.3 Å². The Labute approximate surface area is 93.9 Å². The molecule has 0 radical (unpaired) electrons. The monoisotopic (exact) mass is 270 g/mol. The zero-order chi connectivity index (χ0) is 9.80. The maximum absolute atomic E-state index is 5.52. The molecule has 2 aromatic heterocycles. The summed E-state index contributed by atoms with van der Waals surface area (Å²) in [4.78, 5) is 8.17. The van der Waals surface area contributed by atoms with Crippen LogP contribution in [0.4, 0.5) is 0 Å². The zero-order valence-electron chi connectivity index (χ0n) is 7.18. The van der Waals surface area contributed by atoms with Crippen molar-refractivity contribution in [2.75, 3.05) is 0 Å². The Morgan fingerprint density at radius 1 is 1.36 bits per heavy atom. The predicted molar refractivity (Wildman–Crippen MR) is 58.4 cm³/mol. The second-order valence-corrected chi connectivity index (χ2v) is 4.24. The van der Waals surface area contributed by atoms with Crippen molar-refractivity contribution in [3.8, 4) is 5.75 Å². The first kappa shape index (κ1) is 9.61. The fourth-order valence-electron chi connectivity index (χ4n) is 0.943. The van der Waals surface area contributed by atoms with Gasteiger partial charge in [-0.05, 0) is 28.1 Å². The third-order valence-electron chi connectivity index (χ3n) is 1.56. The third kappa shape index (κ3) is 2.30. The molecule has 2 aromatic rings. The van der Waals surface area contributed by atoms with Gasteiger partial charge in [0.15, 0.2) is 5.75 Å². The lowest BCUT2D eigenvalue weighted by Crippen LogP contribution is -1.95. The van der Waals surface area contributed by atoms with E-state index in [4.69, 9.17) is 4.74 Å². The number of halogens is 1. The SMILES string of the molecule is Brc1ncccc1OCc1nccs1. The topological polar surface area (TPSA) is 35.0 Å². The minimum atomic E-state index is 0.488. The molecule has 2 rings (SSSR count). The molecule has 0 saturated carbocycles. The van der Waals surface area contributed by atoms with E-state index in [-0.39, 0.29) is 0 Å². The second-order valence-electron chi connectivity index (χ2n) is 2.51. The van der Waals surface area contributed by atoms with Gasteiger partial charge in [0.1, 0.15) is 16.2 Å². The van der Waals surface area contributed by atoms with Gasteiger partial charge in [-0.1, -0.05) is 0 Å². The number of rotatable bonds is 3. The highest BCUT2D eigenvalue weighted by Gasteiger charge is 2.01. The van der Waals surface area contributed by atoms with Crippen LogP contribution < -0.4 is 4.74 Å². The summed E-state index contributed by atoms with van der Waals surface area (Å²) in [6.07, 6.45) is 3.47. The van der Waals surface area contributed by atoms with E-state index >= 15 is 0 Å². The first-order valence-corrected chi connectivity index (χ1v) is 5.65. The van der Waals surface area contributed by atoms with Gasteiger partial charge in [0.25, 0.3) is 0 Å². The molecule has 72 valence electrons. The van der Waals surface area contributed by atoms with Crippen LogP contribution in [0.15, 0.2) is 34.5 Å². The number of nitrogens with zero attached hydrogens (tertiary/aromatic N) is 2. The van der Waals surface area contributed by atoms with Crippen LogP contribution in [0.2, 0.25) is 0 Å². The average Bonchev–Trinajstić information content (AvgIpc) is 2.69. The van der Waals surface area contributed by atoms with E-state index in [1.165, 1.54) is 0 Å².